The lowest BCUT2D eigenvalue weighted by atomic mass is 10.1. The van der Waals surface area contributed by atoms with Crippen LogP contribution in [0.3, 0.4) is 0 Å². The van der Waals surface area contributed by atoms with E-state index in [0.717, 1.165) is 17.0 Å². The number of benzene rings is 2. The molecule has 0 aliphatic carbocycles. The molecule has 0 aromatic heterocycles. The van der Waals surface area contributed by atoms with Crippen molar-refractivity contribution >= 4 is 21.6 Å². The molecule has 8 heteroatoms. The lowest BCUT2D eigenvalue weighted by molar-refractivity contribution is -0.120. The van der Waals surface area contributed by atoms with Crippen LogP contribution in [0.5, 0.6) is 5.75 Å². The van der Waals surface area contributed by atoms with Crippen molar-refractivity contribution in [1.29, 1.82) is 0 Å². The molecule has 0 saturated carbocycles. The summed E-state index contributed by atoms with van der Waals surface area (Å²) in [5.74, 6) is 0.671. The molecule has 2 aromatic rings. The smallest absolute Gasteiger partial charge is 0.238 e. The van der Waals surface area contributed by atoms with Gasteiger partial charge in [-0.15, -0.1) is 0 Å². The predicted molar refractivity (Wildman–Crippen MR) is 101 cm³/mol. The van der Waals surface area contributed by atoms with Crippen molar-refractivity contribution in [2.75, 3.05) is 25.5 Å². The number of hydrogen-bond donors (Lipinski definition) is 3. The van der Waals surface area contributed by atoms with Gasteiger partial charge in [-0.05, 0) is 36.2 Å². The van der Waals surface area contributed by atoms with Crippen LogP contribution in [0.1, 0.15) is 12.0 Å². The van der Waals surface area contributed by atoms with Crippen molar-refractivity contribution in [3.63, 3.8) is 0 Å². The summed E-state index contributed by atoms with van der Waals surface area (Å²) in [6, 6.07) is 13.8. The van der Waals surface area contributed by atoms with E-state index in [4.69, 9.17) is 9.88 Å². The number of primary sulfonamides is 1. The zero-order chi connectivity index (χ0) is 19.0. The van der Waals surface area contributed by atoms with Crippen LogP contribution in [0, 0.1) is 0 Å². The van der Waals surface area contributed by atoms with Crippen LogP contribution in [-0.2, 0) is 21.2 Å². The molecule has 26 heavy (non-hydrogen) atoms. The molecule has 0 heterocycles. The van der Waals surface area contributed by atoms with Crippen molar-refractivity contribution in [3.05, 3.63) is 54.1 Å². The van der Waals surface area contributed by atoms with Crippen LogP contribution in [0.4, 0.5) is 5.69 Å². The Kier molecular flexibility index (Phi) is 6.99. The number of ether oxygens (including phenoxy) is 1. The van der Waals surface area contributed by atoms with Crippen molar-refractivity contribution in [2.24, 2.45) is 5.14 Å². The molecule has 140 valence electrons. The van der Waals surface area contributed by atoms with Gasteiger partial charge in [-0.2, -0.15) is 0 Å². The lowest BCUT2D eigenvalue weighted by Gasteiger charge is -2.11. The van der Waals surface area contributed by atoms with Crippen LogP contribution < -0.4 is 20.5 Å². The second-order valence-corrected chi connectivity index (χ2v) is 7.23. The van der Waals surface area contributed by atoms with E-state index in [0.29, 0.717) is 25.9 Å². The number of carbonyl (C=O) groups is 1. The zero-order valence-electron chi connectivity index (χ0n) is 14.6. The number of amides is 1. The maximum Gasteiger partial charge on any atom is 0.238 e. The van der Waals surface area contributed by atoms with Gasteiger partial charge in [0.25, 0.3) is 0 Å². The van der Waals surface area contributed by atoms with Crippen molar-refractivity contribution < 1.29 is 17.9 Å². The molecule has 0 atom stereocenters. The lowest BCUT2D eigenvalue weighted by Crippen LogP contribution is -2.27. The van der Waals surface area contributed by atoms with Crippen molar-refractivity contribution in [2.45, 2.75) is 17.7 Å². The number of anilines is 1. The minimum absolute atomic E-state index is 0.0615. The highest BCUT2D eigenvalue weighted by molar-refractivity contribution is 7.89. The van der Waals surface area contributed by atoms with Gasteiger partial charge in [-0.3, -0.25) is 4.79 Å². The average molecular weight is 377 g/mol. The molecule has 2 rings (SSSR count). The van der Waals surface area contributed by atoms with Crippen LogP contribution in [0.25, 0.3) is 0 Å². The van der Waals surface area contributed by atoms with Gasteiger partial charge in [0.2, 0.25) is 15.9 Å². The predicted octanol–water partition coefficient (Wildman–Crippen LogP) is 1.50. The SMILES string of the molecule is COc1ccccc1NCCC(=O)NCCc1ccc(S(N)(=O)=O)cc1. The molecule has 0 radical (unpaired) electrons. The minimum atomic E-state index is -3.68. The minimum Gasteiger partial charge on any atom is -0.495 e. The van der Waals surface area contributed by atoms with Gasteiger partial charge in [0.1, 0.15) is 5.75 Å². The monoisotopic (exact) mass is 377 g/mol. The summed E-state index contributed by atoms with van der Waals surface area (Å²) in [5, 5.41) is 11.1. The summed E-state index contributed by atoms with van der Waals surface area (Å²) >= 11 is 0. The Morgan fingerprint density at radius 1 is 1.08 bits per heavy atom. The highest BCUT2D eigenvalue weighted by Crippen LogP contribution is 2.22. The molecule has 0 aliphatic rings. The summed E-state index contributed by atoms with van der Waals surface area (Å²) in [4.78, 5) is 12.0. The maximum absolute atomic E-state index is 11.9. The fraction of sp³-hybridized carbons (Fsp3) is 0.278. The van der Waals surface area contributed by atoms with Gasteiger partial charge < -0.3 is 15.4 Å². The third kappa shape index (κ3) is 6.05. The fourth-order valence-electron chi connectivity index (χ4n) is 2.38. The Labute approximate surface area is 153 Å². The van der Waals surface area contributed by atoms with Crippen LogP contribution in [0.2, 0.25) is 0 Å². The van der Waals surface area contributed by atoms with Crippen molar-refractivity contribution in [1.82, 2.24) is 5.32 Å². The molecule has 1 amide bonds. The Hall–Kier alpha value is -2.58. The van der Waals surface area contributed by atoms with E-state index >= 15 is 0 Å². The van der Waals surface area contributed by atoms with Crippen molar-refractivity contribution in [3.8, 4) is 5.75 Å². The van der Waals surface area contributed by atoms with E-state index in [1.54, 1.807) is 19.2 Å². The zero-order valence-corrected chi connectivity index (χ0v) is 15.4. The summed E-state index contributed by atoms with van der Waals surface area (Å²) < 4.78 is 27.6. The second-order valence-electron chi connectivity index (χ2n) is 5.67. The third-order valence-electron chi connectivity index (χ3n) is 3.76. The number of carbonyl (C=O) groups excluding carboxylic acids is 1. The van der Waals surface area contributed by atoms with Gasteiger partial charge in [-0.25, -0.2) is 13.6 Å². The first-order chi connectivity index (χ1) is 12.4. The summed E-state index contributed by atoms with van der Waals surface area (Å²) in [6.45, 7) is 0.970. The van der Waals surface area contributed by atoms with Crippen LogP contribution in [-0.4, -0.2) is 34.5 Å². The molecule has 0 unspecified atom stereocenters. The molecule has 7 nitrogen and oxygen atoms in total. The maximum atomic E-state index is 11.9. The number of hydrogen-bond acceptors (Lipinski definition) is 5. The van der Waals surface area contributed by atoms with Gasteiger partial charge in [0, 0.05) is 19.5 Å². The van der Waals surface area contributed by atoms with Gasteiger partial charge in [0.05, 0.1) is 17.7 Å². The molecule has 0 spiro atoms. The first-order valence-corrected chi connectivity index (χ1v) is 9.70. The van der Waals surface area contributed by atoms with E-state index < -0.39 is 10.0 Å². The average Bonchev–Trinajstić information content (AvgIpc) is 2.62. The van der Waals surface area contributed by atoms with Gasteiger partial charge >= 0.3 is 0 Å². The van der Waals surface area contributed by atoms with E-state index in [2.05, 4.69) is 10.6 Å². The Morgan fingerprint density at radius 3 is 2.42 bits per heavy atom. The third-order valence-corrected chi connectivity index (χ3v) is 4.69. The van der Waals surface area contributed by atoms with E-state index in [-0.39, 0.29) is 10.8 Å². The highest BCUT2D eigenvalue weighted by Gasteiger charge is 2.07. The molecular formula is C18H23N3O4S. The van der Waals surface area contributed by atoms with Gasteiger partial charge in [-0.1, -0.05) is 24.3 Å². The number of nitrogens with one attached hydrogen (secondary N) is 2. The first kappa shape index (κ1) is 19.7. The van der Waals surface area contributed by atoms with Crippen LogP contribution in [0.15, 0.2) is 53.4 Å². The molecule has 0 aliphatic heterocycles. The number of nitrogens with two attached hydrogens (primary N) is 1. The van der Waals surface area contributed by atoms with Gasteiger partial charge in [0.15, 0.2) is 0 Å². The largest absolute Gasteiger partial charge is 0.495 e. The van der Waals surface area contributed by atoms with Crippen LogP contribution >= 0.6 is 0 Å². The number of rotatable bonds is 9. The standard InChI is InChI=1S/C18H23N3O4S/c1-25-17-5-3-2-4-16(17)20-13-11-18(22)21-12-10-14-6-8-15(9-7-14)26(19,23)24/h2-9,20H,10-13H2,1H3,(H,21,22)(H2,19,23,24). The highest BCUT2D eigenvalue weighted by atomic mass is 32.2. The molecular weight excluding hydrogens is 354 g/mol. The molecule has 0 fully saturated rings. The molecule has 0 saturated heterocycles. The summed E-state index contributed by atoms with van der Waals surface area (Å²) in [7, 11) is -2.08. The fourth-order valence-corrected chi connectivity index (χ4v) is 2.90. The number of sulfonamides is 1. The van der Waals surface area contributed by atoms with E-state index in [9.17, 15) is 13.2 Å². The molecule has 0 bridgehead atoms. The molecule has 4 N–H and O–H groups in total. The quantitative estimate of drug-likeness (QED) is 0.613. The summed E-state index contributed by atoms with van der Waals surface area (Å²) in [5.41, 5.74) is 1.77. The second kappa shape index (κ2) is 9.21. The summed E-state index contributed by atoms with van der Waals surface area (Å²) in [6.07, 6.45) is 0.943. The topological polar surface area (TPSA) is 111 Å². The Bertz CT molecular complexity index is 836. The Balaban J connectivity index is 1.70. The first-order valence-electron chi connectivity index (χ1n) is 8.15. The van der Waals surface area contributed by atoms with E-state index in [1.165, 1.54) is 12.1 Å². The molecule has 2 aromatic carbocycles. The van der Waals surface area contributed by atoms with E-state index in [1.807, 2.05) is 24.3 Å². The normalized spacial score (nSPS) is 11.0. The number of methoxy groups -OCH3 is 1. The number of para-hydroxylation sites is 2. The Morgan fingerprint density at radius 2 is 1.77 bits per heavy atom.